The molecule has 2 aromatic carbocycles. The van der Waals surface area contributed by atoms with Crippen LogP contribution in [0.5, 0.6) is 0 Å². The van der Waals surface area contributed by atoms with Crippen LogP contribution in [0.15, 0.2) is 65.3 Å². The lowest BCUT2D eigenvalue weighted by molar-refractivity contribution is 0.168. The Labute approximate surface area is 201 Å². The summed E-state index contributed by atoms with van der Waals surface area (Å²) in [5, 5.41) is 10.5. The molecule has 2 unspecified atom stereocenters. The second-order valence-electron chi connectivity index (χ2n) is 7.61. The number of halogens is 3. The first-order valence-corrected chi connectivity index (χ1v) is 11.6. The zero-order valence-electron chi connectivity index (χ0n) is 17.0. The van der Waals surface area contributed by atoms with Gasteiger partial charge in [-0.1, -0.05) is 35.3 Å². The minimum absolute atomic E-state index is 0.0920. The molecule has 2 heterocycles. The fourth-order valence-electron chi connectivity index (χ4n) is 4.05. The van der Waals surface area contributed by atoms with Gasteiger partial charge in [0.1, 0.15) is 0 Å². The Morgan fingerprint density at radius 2 is 1.87 bits per heavy atom. The first-order chi connectivity index (χ1) is 15.0. The molecular formula is C24H21BrCl2N4. The third kappa shape index (κ3) is 4.88. The Morgan fingerprint density at radius 1 is 1.10 bits per heavy atom. The van der Waals surface area contributed by atoms with E-state index in [9.17, 15) is 5.26 Å². The van der Waals surface area contributed by atoms with E-state index in [-0.39, 0.29) is 12.1 Å². The number of rotatable bonds is 4. The number of piperazine rings is 1. The third-order valence-electron chi connectivity index (χ3n) is 5.78. The lowest BCUT2D eigenvalue weighted by Crippen LogP contribution is -2.49. The van der Waals surface area contributed by atoms with Crippen molar-refractivity contribution in [2.45, 2.75) is 19.0 Å². The summed E-state index contributed by atoms with van der Waals surface area (Å²) >= 11 is 16.2. The second kappa shape index (κ2) is 9.58. The molecule has 1 aliphatic heterocycles. The van der Waals surface area contributed by atoms with Crippen LogP contribution >= 0.6 is 39.1 Å². The van der Waals surface area contributed by atoms with Gasteiger partial charge in [0.25, 0.3) is 0 Å². The van der Waals surface area contributed by atoms with Crippen LogP contribution in [0.4, 0.5) is 5.69 Å². The molecule has 1 aromatic heterocycles. The summed E-state index contributed by atoms with van der Waals surface area (Å²) in [5.41, 5.74) is 3.72. The standard InChI is InChI=1S/C24H21BrCl2N4/c1-16(22-8-5-19(25)14-29-22)30-10-11-31(23-9-2-17(13-28)12-21(23)27)24(15-30)18-3-6-20(26)7-4-18/h2-9,12,14,16,24H,10-11,15H2,1H3. The van der Waals surface area contributed by atoms with E-state index < -0.39 is 0 Å². The summed E-state index contributed by atoms with van der Waals surface area (Å²) in [6, 6.07) is 20.0. The average Bonchev–Trinajstić information content (AvgIpc) is 2.79. The van der Waals surface area contributed by atoms with Crippen molar-refractivity contribution in [1.29, 1.82) is 5.26 Å². The van der Waals surface area contributed by atoms with Crippen LogP contribution in [0, 0.1) is 11.3 Å². The van der Waals surface area contributed by atoms with Gasteiger partial charge in [0.15, 0.2) is 0 Å². The van der Waals surface area contributed by atoms with Gasteiger partial charge in [-0.15, -0.1) is 0 Å². The zero-order chi connectivity index (χ0) is 22.0. The second-order valence-corrected chi connectivity index (χ2v) is 9.37. The van der Waals surface area contributed by atoms with Crippen molar-refractivity contribution in [2.75, 3.05) is 24.5 Å². The summed E-state index contributed by atoms with van der Waals surface area (Å²) < 4.78 is 0.975. The van der Waals surface area contributed by atoms with Gasteiger partial charge >= 0.3 is 0 Å². The molecule has 0 aliphatic carbocycles. The minimum atomic E-state index is 0.0920. The molecule has 4 rings (SSSR count). The van der Waals surface area contributed by atoms with Crippen LogP contribution < -0.4 is 4.90 Å². The Morgan fingerprint density at radius 3 is 2.52 bits per heavy atom. The maximum absolute atomic E-state index is 9.19. The fourth-order valence-corrected chi connectivity index (χ4v) is 4.69. The van der Waals surface area contributed by atoms with Gasteiger partial charge in [-0.25, -0.2) is 0 Å². The molecule has 1 fully saturated rings. The lowest BCUT2D eigenvalue weighted by atomic mass is 9.99. The molecular weight excluding hydrogens is 495 g/mol. The summed E-state index contributed by atoms with van der Waals surface area (Å²) in [6.45, 7) is 4.69. The number of hydrogen-bond acceptors (Lipinski definition) is 4. The van der Waals surface area contributed by atoms with Crippen LogP contribution in [-0.4, -0.2) is 29.5 Å². The zero-order valence-corrected chi connectivity index (χ0v) is 20.1. The van der Waals surface area contributed by atoms with Crippen molar-refractivity contribution in [3.63, 3.8) is 0 Å². The molecule has 0 bridgehead atoms. The minimum Gasteiger partial charge on any atom is -0.361 e. The summed E-state index contributed by atoms with van der Waals surface area (Å²) in [6.07, 6.45) is 1.84. The number of nitrogens with zero attached hydrogens (tertiary/aromatic N) is 4. The molecule has 7 heteroatoms. The van der Waals surface area contributed by atoms with Gasteiger partial charge in [-0.2, -0.15) is 5.26 Å². The molecule has 0 N–H and O–H groups in total. The van der Waals surface area contributed by atoms with E-state index in [2.05, 4.69) is 61.9 Å². The number of hydrogen-bond donors (Lipinski definition) is 0. The molecule has 3 aromatic rings. The summed E-state index contributed by atoms with van der Waals surface area (Å²) in [4.78, 5) is 9.37. The summed E-state index contributed by atoms with van der Waals surface area (Å²) in [5.74, 6) is 0. The van der Waals surface area contributed by atoms with E-state index in [0.29, 0.717) is 15.6 Å². The Hall–Kier alpha value is -2.10. The van der Waals surface area contributed by atoms with Gasteiger partial charge in [-0.05, 0) is 70.9 Å². The molecule has 0 radical (unpaired) electrons. The quantitative estimate of drug-likeness (QED) is 0.390. The van der Waals surface area contributed by atoms with Crippen LogP contribution in [0.25, 0.3) is 0 Å². The number of nitriles is 1. The smallest absolute Gasteiger partial charge is 0.0992 e. The number of aromatic nitrogens is 1. The Balaban J connectivity index is 1.66. The van der Waals surface area contributed by atoms with Crippen molar-refractivity contribution in [1.82, 2.24) is 9.88 Å². The molecule has 1 aliphatic rings. The van der Waals surface area contributed by atoms with Crippen molar-refractivity contribution >= 4 is 44.8 Å². The van der Waals surface area contributed by atoms with Gasteiger partial charge in [0.2, 0.25) is 0 Å². The normalized spacial score (nSPS) is 17.9. The molecule has 0 spiro atoms. The maximum atomic E-state index is 9.19. The lowest BCUT2D eigenvalue weighted by Gasteiger charge is -2.45. The van der Waals surface area contributed by atoms with Crippen molar-refractivity contribution in [2.24, 2.45) is 0 Å². The van der Waals surface area contributed by atoms with Crippen molar-refractivity contribution in [3.05, 3.63) is 92.1 Å². The highest BCUT2D eigenvalue weighted by Gasteiger charge is 2.32. The molecule has 4 nitrogen and oxygen atoms in total. The molecule has 2 atom stereocenters. The van der Waals surface area contributed by atoms with E-state index in [4.69, 9.17) is 23.2 Å². The van der Waals surface area contributed by atoms with Crippen LogP contribution in [0.1, 0.15) is 35.8 Å². The highest BCUT2D eigenvalue weighted by Crippen LogP contribution is 2.37. The maximum Gasteiger partial charge on any atom is 0.0992 e. The first-order valence-electron chi connectivity index (χ1n) is 10.0. The van der Waals surface area contributed by atoms with Crippen molar-refractivity contribution < 1.29 is 0 Å². The first kappa shape index (κ1) is 22.1. The molecule has 0 saturated carbocycles. The highest BCUT2D eigenvalue weighted by molar-refractivity contribution is 9.10. The third-order valence-corrected chi connectivity index (χ3v) is 6.80. The number of anilines is 1. The summed E-state index contributed by atoms with van der Waals surface area (Å²) in [7, 11) is 0. The Kier molecular flexibility index (Phi) is 6.83. The fraction of sp³-hybridized carbons (Fsp3) is 0.250. The van der Waals surface area contributed by atoms with Crippen LogP contribution in [0.2, 0.25) is 10.0 Å². The largest absolute Gasteiger partial charge is 0.361 e. The van der Waals surface area contributed by atoms with Gasteiger partial charge in [-0.3, -0.25) is 9.88 Å². The predicted octanol–water partition coefficient (Wildman–Crippen LogP) is 6.65. The van der Waals surface area contributed by atoms with Gasteiger partial charge in [0.05, 0.1) is 34.1 Å². The van der Waals surface area contributed by atoms with E-state index in [0.717, 1.165) is 35.5 Å². The van der Waals surface area contributed by atoms with Gasteiger partial charge in [0, 0.05) is 41.4 Å². The van der Waals surface area contributed by atoms with E-state index in [1.54, 1.807) is 6.07 Å². The topological polar surface area (TPSA) is 43.2 Å². The Bertz CT molecular complexity index is 1100. The molecule has 0 amide bonds. The van der Waals surface area contributed by atoms with Crippen LogP contribution in [0.3, 0.4) is 0 Å². The number of pyridine rings is 1. The van der Waals surface area contributed by atoms with E-state index >= 15 is 0 Å². The monoisotopic (exact) mass is 514 g/mol. The van der Waals surface area contributed by atoms with Crippen molar-refractivity contribution in [3.8, 4) is 6.07 Å². The van der Waals surface area contributed by atoms with E-state index in [1.165, 1.54) is 5.56 Å². The molecule has 1 saturated heterocycles. The molecule has 158 valence electrons. The highest BCUT2D eigenvalue weighted by atomic mass is 79.9. The number of benzene rings is 2. The average molecular weight is 516 g/mol. The predicted molar refractivity (Wildman–Crippen MR) is 130 cm³/mol. The SMILES string of the molecule is CC(c1ccc(Br)cn1)N1CCN(c2ccc(C#N)cc2Cl)C(c2ccc(Cl)cc2)C1. The van der Waals surface area contributed by atoms with Gasteiger partial charge < -0.3 is 4.90 Å². The van der Waals surface area contributed by atoms with Crippen LogP contribution in [-0.2, 0) is 0 Å². The van der Waals surface area contributed by atoms with E-state index in [1.807, 2.05) is 36.5 Å². The molecule has 31 heavy (non-hydrogen) atoms.